The average Bonchev–Trinajstić information content (AvgIpc) is 3.90. The summed E-state index contributed by atoms with van der Waals surface area (Å²) in [6.07, 6.45) is 0.0879. The molecule has 0 saturated carbocycles. The molecule has 2 N–H and O–H groups in total. The number of rotatable bonds is 17. The van der Waals surface area contributed by atoms with Crippen molar-refractivity contribution >= 4 is 30.5 Å². The standard InChI is InChI=1S/C46H45N6O11P/c1-30-40(63-46(32-13-9-6-10-14-32,33-15-19-36(57-2)20-16-33)34-17-21-37(58-3)22-18-34)44(62-45(30)60-29-64(55,56)61-26-35-25-38(59-4)23-24-52(35)54)51-28-49-39-41(47-27-48-42(39)51)50-43(53)31-11-7-5-8-12-31/h5-25,27-28,30,40,44-45H,26,29H2,1-4H3,(H,55,56)(H,47,48,50,53)/t30-,40?,44-,45+/m1/s1. The molecule has 1 aliphatic heterocycles. The number of pyridine rings is 1. The highest BCUT2D eigenvalue weighted by Gasteiger charge is 2.51. The van der Waals surface area contributed by atoms with E-state index in [2.05, 4.69) is 20.3 Å². The van der Waals surface area contributed by atoms with Crippen LogP contribution in [0.1, 0.15) is 45.9 Å². The molecular weight excluding hydrogens is 844 g/mol. The number of amides is 1. The Balaban J connectivity index is 1.20. The lowest BCUT2D eigenvalue weighted by Crippen LogP contribution is -2.41. The van der Waals surface area contributed by atoms with Gasteiger partial charge in [-0.05, 0) is 53.1 Å². The van der Waals surface area contributed by atoms with Gasteiger partial charge in [-0.15, -0.1) is 0 Å². The third-order valence-corrected chi connectivity index (χ3v) is 11.9. The first-order chi connectivity index (χ1) is 31.0. The molecule has 0 spiro atoms. The van der Waals surface area contributed by atoms with Crippen LogP contribution in [0.3, 0.4) is 0 Å². The first-order valence-electron chi connectivity index (χ1n) is 20.1. The number of nitrogens with zero attached hydrogens (tertiary/aromatic N) is 5. The van der Waals surface area contributed by atoms with Gasteiger partial charge in [0.05, 0.1) is 33.7 Å². The Kier molecular flexibility index (Phi) is 13.0. The Hall–Kier alpha value is -6.72. The third kappa shape index (κ3) is 9.03. The molecule has 17 nitrogen and oxygen atoms in total. The maximum Gasteiger partial charge on any atom is 0.354 e. The van der Waals surface area contributed by atoms with Gasteiger partial charge in [0.2, 0.25) is 5.69 Å². The van der Waals surface area contributed by atoms with Gasteiger partial charge in [-0.3, -0.25) is 18.5 Å². The number of methoxy groups -OCH3 is 3. The maximum absolute atomic E-state index is 13.5. The Morgan fingerprint density at radius 1 is 0.844 bits per heavy atom. The number of aromatic nitrogens is 5. The largest absolute Gasteiger partial charge is 0.618 e. The summed E-state index contributed by atoms with van der Waals surface area (Å²) in [5.74, 6) is 0.752. The van der Waals surface area contributed by atoms with E-state index in [0.29, 0.717) is 33.2 Å². The lowest BCUT2D eigenvalue weighted by atomic mass is 9.79. The highest BCUT2D eigenvalue weighted by molar-refractivity contribution is 7.52. The lowest BCUT2D eigenvalue weighted by molar-refractivity contribution is -0.616. The summed E-state index contributed by atoms with van der Waals surface area (Å²) in [4.78, 5) is 37.8. The number of ether oxygens (including phenoxy) is 6. The fourth-order valence-electron chi connectivity index (χ4n) is 7.58. The predicted octanol–water partition coefficient (Wildman–Crippen LogP) is 6.98. The maximum atomic E-state index is 13.5. The van der Waals surface area contributed by atoms with Crippen molar-refractivity contribution in [1.82, 2.24) is 19.5 Å². The number of carbonyl (C=O) groups excluding carboxylic acids is 1. The van der Waals surface area contributed by atoms with Crippen molar-refractivity contribution < 1.29 is 51.9 Å². The van der Waals surface area contributed by atoms with E-state index in [1.807, 2.05) is 91.9 Å². The van der Waals surface area contributed by atoms with Crippen molar-refractivity contribution in [3.05, 3.63) is 173 Å². The van der Waals surface area contributed by atoms with Crippen LogP contribution in [0.25, 0.3) is 11.2 Å². The number of benzene rings is 4. The second kappa shape index (κ2) is 18.9. The Morgan fingerprint density at radius 2 is 1.45 bits per heavy atom. The molecule has 1 fully saturated rings. The van der Waals surface area contributed by atoms with E-state index in [9.17, 15) is 19.5 Å². The van der Waals surface area contributed by atoms with Gasteiger partial charge < -0.3 is 43.8 Å². The van der Waals surface area contributed by atoms with Crippen molar-refractivity contribution in [1.29, 1.82) is 0 Å². The van der Waals surface area contributed by atoms with Crippen LogP contribution in [0, 0.1) is 11.1 Å². The summed E-state index contributed by atoms with van der Waals surface area (Å²) in [6.45, 7) is 1.34. The predicted molar refractivity (Wildman–Crippen MR) is 232 cm³/mol. The number of hydrogen-bond acceptors (Lipinski definition) is 13. The molecule has 64 heavy (non-hydrogen) atoms. The van der Waals surface area contributed by atoms with Gasteiger partial charge in [-0.2, -0.15) is 4.73 Å². The molecule has 3 aromatic heterocycles. The van der Waals surface area contributed by atoms with Gasteiger partial charge in [-0.1, -0.05) is 79.7 Å². The topological polar surface area (TPSA) is 202 Å². The van der Waals surface area contributed by atoms with Gasteiger partial charge in [0.1, 0.15) is 41.9 Å². The number of imidazole rings is 1. The summed E-state index contributed by atoms with van der Waals surface area (Å²) >= 11 is 0. The van der Waals surface area contributed by atoms with Crippen LogP contribution in [-0.4, -0.2) is 70.4 Å². The van der Waals surface area contributed by atoms with Crippen molar-refractivity contribution in [2.75, 3.05) is 33.0 Å². The second-order valence-corrected chi connectivity index (χ2v) is 16.6. The van der Waals surface area contributed by atoms with Crippen molar-refractivity contribution in [3.63, 3.8) is 0 Å². The van der Waals surface area contributed by atoms with E-state index in [1.54, 1.807) is 43.1 Å². The molecule has 1 saturated heterocycles. The Bertz CT molecular complexity index is 2700. The molecule has 7 aromatic rings. The number of hydrogen-bond donors (Lipinski definition) is 2. The summed E-state index contributed by atoms with van der Waals surface area (Å²) in [6, 6.07) is 36.3. The van der Waals surface area contributed by atoms with Gasteiger partial charge in [0.15, 0.2) is 42.0 Å². The Morgan fingerprint density at radius 3 is 2.08 bits per heavy atom. The van der Waals surface area contributed by atoms with Crippen LogP contribution in [-0.2, 0) is 35.5 Å². The van der Waals surface area contributed by atoms with Crippen LogP contribution >= 0.6 is 7.60 Å². The summed E-state index contributed by atoms with van der Waals surface area (Å²) in [7, 11) is 0.116. The van der Waals surface area contributed by atoms with Crippen LogP contribution < -0.4 is 24.3 Å². The average molecular weight is 889 g/mol. The first kappa shape index (κ1) is 43.9. The molecule has 8 rings (SSSR count). The van der Waals surface area contributed by atoms with E-state index in [-0.39, 0.29) is 17.0 Å². The van der Waals surface area contributed by atoms with Crippen molar-refractivity contribution in [3.8, 4) is 17.2 Å². The zero-order valence-corrected chi connectivity index (χ0v) is 36.1. The van der Waals surface area contributed by atoms with E-state index >= 15 is 0 Å². The lowest BCUT2D eigenvalue weighted by Gasteiger charge is -2.40. The molecule has 0 aliphatic carbocycles. The molecule has 4 aromatic carbocycles. The zero-order valence-electron chi connectivity index (χ0n) is 35.2. The van der Waals surface area contributed by atoms with E-state index in [4.69, 9.17) is 32.9 Å². The summed E-state index contributed by atoms with van der Waals surface area (Å²) in [5, 5.41) is 15.3. The molecule has 1 amide bonds. The number of carbonyl (C=O) groups is 1. The number of anilines is 1. The van der Waals surface area contributed by atoms with Crippen LogP contribution in [0.4, 0.5) is 5.82 Å². The molecule has 4 heterocycles. The fourth-order valence-corrected chi connectivity index (χ4v) is 8.33. The van der Waals surface area contributed by atoms with E-state index in [0.717, 1.165) is 16.7 Å². The SMILES string of the molecule is COc1ccc(C(OC2[C@@H](C)[C@@H](OCP(=O)(O)OCc3cc(OC)cc[n+]3[O-])O[C@H]2n2cnc3c(NC(=O)c4ccccc4)ncnc32)(c2ccccc2)c2ccc(OC)cc2)cc1. The smallest absolute Gasteiger partial charge is 0.354 e. The molecule has 0 bridgehead atoms. The van der Waals surface area contributed by atoms with Crippen LogP contribution in [0.2, 0.25) is 0 Å². The summed E-state index contributed by atoms with van der Waals surface area (Å²) in [5.41, 5.74) is 1.95. The van der Waals surface area contributed by atoms with Crippen LogP contribution in [0.15, 0.2) is 140 Å². The van der Waals surface area contributed by atoms with Gasteiger partial charge in [0, 0.05) is 17.5 Å². The highest BCUT2D eigenvalue weighted by atomic mass is 31.2. The normalized spacial score (nSPS) is 18.3. The zero-order chi connectivity index (χ0) is 44.8. The van der Waals surface area contributed by atoms with Gasteiger partial charge in [-0.25, -0.2) is 15.0 Å². The minimum atomic E-state index is -4.50. The monoisotopic (exact) mass is 888 g/mol. The molecule has 1 aliphatic rings. The molecule has 18 heteroatoms. The quantitative estimate of drug-likeness (QED) is 0.0410. The number of nitrogens with one attached hydrogen (secondary N) is 1. The fraction of sp³-hybridized carbons (Fsp3) is 0.239. The Labute approximate surface area is 368 Å². The minimum absolute atomic E-state index is 0.0512. The molecule has 0 radical (unpaired) electrons. The van der Waals surface area contributed by atoms with E-state index < -0.39 is 56.6 Å². The second-order valence-electron chi connectivity index (χ2n) is 14.8. The molecule has 5 atom stereocenters. The summed E-state index contributed by atoms with van der Waals surface area (Å²) < 4.78 is 57.7. The molecular formula is C46H45N6O11P. The van der Waals surface area contributed by atoms with E-state index in [1.165, 1.54) is 38.1 Å². The molecule has 330 valence electrons. The van der Waals surface area contributed by atoms with Crippen LogP contribution in [0.5, 0.6) is 17.2 Å². The number of fused-ring (bicyclic) bond motifs is 1. The first-order valence-corrected chi connectivity index (χ1v) is 21.9. The highest BCUT2D eigenvalue weighted by Crippen LogP contribution is 2.50. The van der Waals surface area contributed by atoms with Gasteiger partial charge >= 0.3 is 7.60 Å². The van der Waals surface area contributed by atoms with Crippen molar-refractivity contribution in [2.24, 2.45) is 5.92 Å². The third-order valence-electron chi connectivity index (χ3n) is 10.9. The van der Waals surface area contributed by atoms with Crippen molar-refractivity contribution in [2.45, 2.75) is 37.8 Å². The minimum Gasteiger partial charge on any atom is -0.618 e. The molecule has 2 unspecified atom stereocenters. The van der Waals surface area contributed by atoms with Gasteiger partial charge in [0.25, 0.3) is 5.91 Å².